The van der Waals surface area contributed by atoms with Gasteiger partial charge in [-0.3, -0.25) is 14.6 Å². The second-order valence-corrected chi connectivity index (χ2v) is 7.34. The van der Waals surface area contributed by atoms with Gasteiger partial charge in [0.15, 0.2) is 5.78 Å². The molecule has 0 radical (unpaired) electrons. The van der Waals surface area contributed by atoms with Crippen molar-refractivity contribution < 1.29 is 9.59 Å². The predicted octanol–water partition coefficient (Wildman–Crippen LogP) is 3.91. The van der Waals surface area contributed by atoms with Crippen LogP contribution in [0.2, 0.25) is 0 Å². The van der Waals surface area contributed by atoms with Crippen LogP contribution in [0, 0.1) is 19.8 Å². The topological polar surface area (TPSA) is 66.1 Å². The maximum absolute atomic E-state index is 13.1. The minimum atomic E-state index is -0.190. The summed E-state index contributed by atoms with van der Waals surface area (Å²) in [7, 11) is 0. The van der Waals surface area contributed by atoms with E-state index < -0.39 is 0 Å². The number of likely N-dealkylation sites (tertiary alicyclic amines) is 1. The van der Waals surface area contributed by atoms with Gasteiger partial charge in [0.2, 0.25) is 0 Å². The molecule has 0 spiro atoms. The van der Waals surface area contributed by atoms with Crippen molar-refractivity contribution in [2.75, 3.05) is 13.1 Å². The van der Waals surface area contributed by atoms with E-state index in [0.29, 0.717) is 24.5 Å². The second kappa shape index (κ2) is 6.99. The summed E-state index contributed by atoms with van der Waals surface area (Å²) < 4.78 is 0. The molecule has 3 aromatic rings. The van der Waals surface area contributed by atoms with E-state index in [1.807, 2.05) is 32.0 Å². The molecule has 5 heteroatoms. The first-order valence-electron chi connectivity index (χ1n) is 9.38. The molecule has 0 unspecified atom stereocenters. The molecule has 1 fully saturated rings. The molecular formula is C22H23N3O2. The Bertz CT molecular complexity index is 1010. The number of nitrogens with zero attached hydrogens (tertiary/aromatic N) is 2. The number of H-pyrrole nitrogens is 1. The minimum Gasteiger partial charge on any atom is -0.350 e. The van der Waals surface area contributed by atoms with Crippen LogP contribution in [-0.2, 0) is 0 Å². The number of nitrogens with one attached hydrogen (secondary N) is 1. The zero-order valence-electron chi connectivity index (χ0n) is 15.7. The van der Waals surface area contributed by atoms with Gasteiger partial charge < -0.3 is 9.88 Å². The first-order valence-corrected chi connectivity index (χ1v) is 9.38. The molecule has 5 nitrogen and oxygen atoms in total. The second-order valence-electron chi connectivity index (χ2n) is 7.34. The summed E-state index contributed by atoms with van der Waals surface area (Å²) in [4.78, 5) is 35.1. The quantitative estimate of drug-likeness (QED) is 0.719. The van der Waals surface area contributed by atoms with Crippen LogP contribution in [0.3, 0.4) is 0 Å². The fourth-order valence-corrected chi connectivity index (χ4v) is 3.91. The zero-order valence-corrected chi connectivity index (χ0v) is 15.7. The van der Waals surface area contributed by atoms with Gasteiger partial charge in [0.05, 0.1) is 0 Å². The number of Topliss-reactive ketones (excluding diaryl/α,β-unsaturated/α-hetero) is 1. The standard InChI is InChI=1S/C22H23N3O2/c1-14-8-9-18-17(12-14)15(2)20(24-18)22(27)25-11-5-6-16(13-25)21(26)19-7-3-4-10-23-19/h3-4,7-10,12,16,24H,5-6,11,13H2,1-2H3/t16-/m1/s1. The summed E-state index contributed by atoms with van der Waals surface area (Å²) in [5, 5.41) is 1.08. The number of piperidine rings is 1. The van der Waals surface area contributed by atoms with Gasteiger partial charge in [-0.15, -0.1) is 0 Å². The number of hydrogen-bond donors (Lipinski definition) is 1. The number of rotatable bonds is 3. The SMILES string of the molecule is Cc1ccc2[nH]c(C(=O)N3CCC[C@@H](C(=O)c4ccccn4)C3)c(C)c2c1. The van der Waals surface area contributed by atoms with Gasteiger partial charge in [0.1, 0.15) is 11.4 Å². The number of pyridine rings is 1. The van der Waals surface area contributed by atoms with Crippen molar-refractivity contribution in [3.63, 3.8) is 0 Å². The van der Waals surface area contributed by atoms with E-state index in [9.17, 15) is 9.59 Å². The maximum Gasteiger partial charge on any atom is 0.270 e. The molecule has 27 heavy (non-hydrogen) atoms. The number of amides is 1. The number of aromatic amines is 1. The third kappa shape index (κ3) is 3.25. The lowest BCUT2D eigenvalue weighted by molar-refractivity contribution is 0.0631. The molecule has 138 valence electrons. The normalized spacial score (nSPS) is 17.3. The summed E-state index contributed by atoms with van der Waals surface area (Å²) in [5.74, 6) is -0.193. The minimum absolute atomic E-state index is 0.0251. The van der Waals surface area contributed by atoms with E-state index in [2.05, 4.69) is 16.0 Å². The van der Waals surface area contributed by atoms with Crippen LogP contribution in [0.4, 0.5) is 0 Å². The molecule has 1 aliphatic rings. The number of ketones is 1. The predicted molar refractivity (Wildman–Crippen MR) is 105 cm³/mol. The summed E-state index contributed by atoms with van der Waals surface area (Å²) >= 11 is 0. The molecule has 1 saturated heterocycles. The van der Waals surface area contributed by atoms with Gasteiger partial charge in [0, 0.05) is 36.1 Å². The molecule has 1 N–H and O–H groups in total. The smallest absolute Gasteiger partial charge is 0.270 e. The van der Waals surface area contributed by atoms with Crippen LogP contribution < -0.4 is 0 Å². The van der Waals surface area contributed by atoms with Crippen molar-refractivity contribution in [3.8, 4) is 0 Å². The van der Waals surface area contributed by atoms with Gasteiger partial charge in [-0.2, -0.15) is 0 Å². The monoisotopic (exact) mass is 361 g/mol. The number of carbonyl (C=O) groups excluding carboxylic acids is 2. The lowest BCUT2D eigenvalue weighted by Crippen LogP contribution is -2.42. The van der Waals surface area contributed by atoms with E-state index in [-0.39, 0.29) is 17.6 Å². The van der Waals surface area contributed by atoms with Crippen molar-refractivity contribution in [2.45, 2.75) is 26.7 Å². The third-order valence-electron chi connectivity index (χ3n) is 5.42. The maximum atomic E-state index is 13.1. The number of carbonyl (C=O) groups is 2. The van der Waals surface area contributed by atoms with Crippen molar-refractivity contribution >= 4 is 22.6 Å². The molecule has 4 rings (SSSR count). The highest BCUT2D eigenvalue weighted by atomic mass is 16.2. The lowest BCUT2D eigenvalue weighted by Gasteiger charge is -2.31. The van der Waals surface area contributed by atoms with Crippen LogP contribution in [0.5, 0.6) is 0 Å². The van der Waals surface area contributed by atoms with E-state index in [1.54, 1.807) is 23.2 Å². The Morgan fingerprint density at radius 3 is 2.81 bits per heavy atom. The molecule has 3 heterocycles. The number of aryl methyl sites for hydroxylation is 2. The molecule has 1 atom stereocenters. The molecule has 0 saturated carbocycles. The van der Waals surface area contributed by atoms with Crippen LogP contribution >= 0.6 is 0 Å². The highest BCUT2D eigenvalue weighted by Gasteiger charge is 2.31. The Hall–Kier alpha value is -2.95. The number of hydrogen-bond acceptors (Lipinski definition) is 3. The zero-order chi connectivity index (χ0) is 19.0. The van der Waals surface area contributed by atoms with Gasteiger partial charge in [0.25, 0.3) is 5.91 Å². The Kier molecular flexibility index (Phi) is 4.52. The van der Waals surface area contributed by atoms with Crippen LogP contribution in [-0.4, -0.2) is 39.6 Å². The molecule has 1 aliphatic heterocycles. The highest BCUT2D eigenvalue weighted by molar-refractivity contribution is 6.02. The molecule has 0 aliphatic carbocycles. The molecule has 2 aromatic heterocycles. The summed E-state index contributed by atoms with van der Waals surface area (Å²) in [6.45, 7) is 5.15. The number of aromatic nitrogens is 2. The molecule has 1 aromatic carbocycles. The summed E-state index contributed by atoms with van der Waals surface area (Å²) in [6, 6.07) is 11.5. The average Bonchev–Trinajstić information content (AvgIpc) is 3.03. The van der Waals surface area contributed by atoms with E-state index in [0.717, 1.165) is 29.3 Å². The van der Waals surface area contributed by atoms with Crippen molar-refractivity contribution in [1.29, 1.82) is 0 Å². The number of fused-ring (bicyclic) bond motifs is 1. The Morgan fingerprint density at radius 2 is 2.04 bits per heavy atom. The van der Waals surface area contributed by atoms with E-state index >= 15 is 0 Å². The summed E-state index contributed by atoms with van der Waals surface area (Å²) in [6.07, 6.45) is 3.26. The van der Waals surface area contributed by atoms with Gasteiger partial charge >= 0.3 is 0 Å². The van der Waals surface area contributed by atoms with Crippen molar-refractivity contribution in [2.24, 2.45) is 5.92 Å². The van der Waals surface area contributed by atoms with Crippen LogP contribution in [0.25, 0.3) is 10.9 Å². The Labute approximate surface area is 158 Å². The third-order valence-corrected chi connectivity index (χ3v) is 5.42. The fraction of sp³-hybridized carbons (Fsp3) is 0.318. The Morgan fingerprint density at radius 1 is 1.19 bits per heavy atom. The lowest BCUT2D eigenvalue weighted by atomic mass is 9.91. The first-order chi connectivity index (χ1) is 13.0. The van der Waals surface area contributed by atoms with Crippen molar-refractivity contribution in [3.05, 3.63) is 65.1 Å². The van der Waals surface area contributed by atoms with E-state index in [4.69, 9.17) is 0 Å². The number of benzene rings is 1. The van der Waals surface area contributed by atoms with Crippen LogP contribution in [0.15, 0.2) is 42.6 Å². The molecule has 1 amide bonds. The first kappa shape index (κ1) is 17.5. The average molecular weight is 361 g/mol. The van der Waals surface area contributed by atoms with Gasteiger partial charge in [-0.1, -0.05) is 17.7 Å². The van der Waals surface area contributed by atoms with Crippen LogP contribution in [0.1, 0.15) is 44.9 Å². The highest BCUT2D eigenvalue weighted by Crippen LogP contribution is 2.26. The van der Waals surface area contributed by atoms with Crippen molar-refractivity contribution in [1.82, 2.24) is 14.9 Å². The fourth-order valence-electron chi connectivity index (χ4n) is 3.91. The van der Waals surface area contributed by atoms with E-state index in [1.165, 1.54) is 5.56 Å². The Balaban J connectivity index is 1.57. The largest absolute Gasteiger partial charge is 0.350 e. The summed E-state index contributed by atoms with van der Waals surface area (Å²) in [5.41, 5.74) is 4.22. The molecule has 0 bridgehead atoms. The molecular weight excluding hydrogens is 338 g/mol. The van der Waals surface area contributed by atoms with Gasteiger partial charge in [-0.05, 0) is 56.5 Å². The van der Waals surface area contributed by atoms with Gasteiger partial charge in [-0.25, -0.2) is 0 Å².